The van der Waals surface area contributed by atoms with Crippen LogP contribution in [0.2, 0.25) is 0 Å². The Balaban J connectivity index is 1.67. The van der Waals surface area contributed by atoms with Crippen LogP contribution in [0.5, 0.6) is 5.75 Å². The Morgan fingerprint density at radius 3 is 2.91 bits per heavy atom. The standard InChI is InChI=1S/C20H24O3/c1-20-10-9-15-14-6-4-13(23-2)11-12(14)3-5-16(15)17(20)7-8-18(20)19(21)22/h4,6,8,11,15-17H,3,5,7,9-10H2,1-2H3,(H,21,22). The van der Waals surface area contributed by atoms with E-state index in [0.717, 1.165) is 31.4 Å². The van der Waals surface area contributed by atoms with Crippen molar-refractivity contribution in [3.8, 4) is 5.75 Å². The number of ether oxygens (including phenoxy) is 1. The van der Waals surface area contributed by atoms with E-state index in [1.165, 1.54) is 17.5 Å². The van der Waals surface area contributed by atoms with Crippen LogP contribution in [-0.4, -0.2) is 18.2 Å². The van der Waals surface area contributed by atoms with E-state index >= 15 is 0 Å². The number of carboxylic acid groups (broad SMARTS) is 1. The Hall–Kier alpha value is -1.77. The second-order valence-electron chi connectivity index (χ2n) is 7.60. The smallest absolute Gasteiger partial charge is 0.331 e. The molecule has 0 amide bonds. The molecule has 3 aliphatic carbocycles. The fourth-order valence-electron chi connectivity index (χ4n) is 5.58. The first-order valence-electron chi connectivity index (χ1n) is 8.65. The van der Waals surface area contributed by atoms with Crippen molar-refractivity contribution in [1.82, 2.24) is 0 Å². The molecule has 1 fully saturated rings. The van der Waals surface area contributed by atoms with Crippen LogP contribution in [-0.2, 0) is 11.2 Å². The number of carbonyl (C=O) groups is 1. The van der Waals surface area contributed by atoms with E-state index in [0.29, 0.717) is 23.3 Å². The summed E-state index contributed by atoms with van der Waals surface area (Å²) in [6.45, 7) is 2.18. The first kappa shape index (κ1) is 14.8. The van der Waals surface area contributed by atoms with Gasteiger partial charge in [-0.3, -0.25) is 0 Å². The molecule has 4 atom stereocenters. The summed E-state index contributed by atoms with van der Waals surface area (Å²) in [6, 6.07) is 6.51. The van der Waals surface area contributed by atoms with Crippen molar-refractivity contribution in [2.45, 2.75) is 44.9 Å². The van der Waals surface area contributed by atoms with Gasteiger partial charge in [-0.05, 0) is 73.1 Å². The third kappa shape index (κ3) is 2.05. The molecular formula is C20H24O3. The van der Waals surface area contributed by atoms with E-state index in [1.807, 2.05) is 6.08 Å². The topological polar surface area (TPSA) is 46.5 Å². The van der Waals surface area contributed by atoms with Crippen LogP contribution in [0, 0.1) is 17.3 Å². The maximum Gasteiger partial charge on any atom is 0.331 e. The van der Waals surface area contributed by atoms with Gasteiger partial charge in [0.15, 0.2) is 0 Å². The molecule has 0 bridgehead atoms. The number of aryl methyl sites for hydroxylation is 1. The lowest BCUT2D eigenvalue weighted by Gasteiger charge is -2.49. The Bertz CT molecular complexity index is 690. The van der Waals surface area contributed by atoms with Crippen molar-refractivity contribution in [3.05, 3.63) is 41.0 Å². The summed E-state index contributed by atoms with van der Waals surface area (Å²) in [5, 5.41) is 9.55. The van der Waals surface area contributed by atoms with E-state index in [1.54, 1.807) is 7.11 Å². The Morgan fingerprint density at radius 2 is 2.17 bits per heavy atom. The summed E-state index contributed by atoms with van der Waals surface area (Å²) in [4.78, 5) is 11.6. The van der Waals surface area contributed by atoms with Gasteiger partial charge in [0, 0.05) is 11.0 Å². The number of benzene rings is 1. The molecule has 0 spiro atoms. The Kier molecular flexibility index (Phi) is 3.29. The predicted molar refractivity (Wildman–Crippen MR) is 88.7 cm³/mol. The highest BCUT2D eigenvalue weighted by molar-refractivity contribution is 5.89. The van der Waals surface area contributed by atoms with Gasteiger partial charge >= 0.3 is 5.97 Å². The van der Waals surface area contributed by atoms with Gasteiger partial charge in [0.25, 0.3) is 0 Å². The molecule has 3 heteroatoms. The molecule has 1 aromatic rings. The number of hydrogen-bond acceptors (Lipinski definition) is 2. The van der Waals surface area contributed by atoms with E-state index in [9.17, 15) is 9.90 Å². The molecule has 1 saturated carbocycles. The van der Waals surface area contributed by atoms with Gasteiger partial charge in [-0.1, -0.05) is 19.1 Å². The van der Waals surface area contributed by atoms with Crippen molar-refractivity contribution in [1.29, 1.82) is 0 Å². The van der Waals surface area contributed by atoms with Gasteiger partial charge in [0.2, 0.25) is 0 Å². The first-order chi connectivity index (χ1) is 11.0. The van der Waals surface area contributed by atoms with Crippen molar-refractivity contribution >= 4 is 5.97 Å². The summed E-state index contributed by atoms with van der Waals surface area (Å²) in [5.74, 6) is 1.92. The molecule has 3 nitrogen and oxygen atoms in total. The lowest BCUT2D eigenvalue weighted by Crippen LogP contribution is -2.42. The molecule has 4 unspecified atom stereocenters. The second kappa shape index (κ2) is 5.12. The summed E-state index contributed by atoms with van der Waals surface area (Å²) < 4.78 is 5.37. The molecule has 0 heterocycles. The number of aliphatic carboxylic acids is 1. The lowest BCUT2D eigenvalue weighted by atomic mass is 9.54. The zero-order valence-electron chi connectivity index (χ0n) is 13.8. The normalized spacial score (nSPS) is 34.9. The second-order valence-corrected chi connectivity index (χ2v) is 7.60. The molecule has 0 radical (unpaired) electrons. The highest BCUT2D eigenvalue weighted by Gasteiger charge is 2.53. The molecular weight excluding hydrogens is 288 g/mol. The maximum atomic E-state index is 11.6. The fraction of sp³-hybridized carbons (Fsp3) is 0.550. The molecule has 3 aliphatic rings. The van der Waals surface area contributed by atoms with Gasteiger partial charge in [0.1, 0.15) is 5.75 Å². The van der Waals surface area contributed by atoms with E-state index in [-0.39, 0.29) is 5.41 Å². The molecule has 1 aromatic carbocycles. The van der Waals surface area contributed by atoms with Crippen LogP contribution in [0.3, 0.4) is 0 Å². The van der Waals surface area contributed by atoms with Gasteiger partial charge in [0.05, 0.1) is 7.11 Å². The molecule has 0 aliphatic heterocycles. The number of hydrogen-bond donors (Lipinski definition) is 1. The SMILES string of the molecule is COc1ccc2c(c1)CCC1C2CCC2(C)C(C(=O)O)=CCC12. The Labute approximate surface area is 137 Å². The maximum absolute atomic E-state index is 11.6. The van der Waals surface area contributed by atoms with Gasteiger partial charge in [-0.25, -0.2) is 4.79 Å². The summed E-state index contributed by atoms with van der Waals surface area (Å²) in [7, 11) is 1.72. The predicted octanol–water partition coefficient (Wildman–Crippen LogP) is 4.17. The van der Waals surface area contributed by atoms with Crippen LogP contribution >= 0.6 is 0 Å². The monoisotopic (exact) mass is 312 g/mol. The minimum absolute atomic E-state index is 0.128. The highest BCUT2D eigenvalue weighted by Crippen LogP contribution is 2.61. The number of carboxylic acids is 1. The largest absolute Gasteiger partial charge is 0.497 e. The summed E-state index contributed by atoms with van der Waals surface area (Å²) in [6.07, 6.45) is 7.28. The zero-order valence-corrected chi connectivity index (χ0v) is 13.8. The minimum Gasteiger partial charge on any atom is -0.497 e. The fourth-order valence-corrected chi connectivity index (χ4v) is 5.58. The van der Waals surface area contributed by atoms with Crippen LogP contribution in [0.4, 0.5) is 0 Å². The third-order valence-corrected chi connectivity index (χ3v) is 6.74. The van der Waals surface area contributed by atoms with Gasteiger partial charge in [-0.15, -0.1) is 0 Å². The summed E-state index contributed by atoms with van der Waals surface area (Å²) >= 11 is 0. The van der Waals surface area contributed by atoms with Crippen molar-refractivity contribution in [2.24, 2.45) is 17.3 Å². The highest BCUT2D eigenvalue weighted by atomic mass is 16.5. The molecule has 23 heavy (non-hydrogen) atoms. The van der Waals surface area contributed by atoms with E-state index < -0.39 is 5.97 Å². The van der Waals surface area contributed by atoms with Gasteiger partial charge < -0.3 is 9.84 Å². The van der Waals surface area contributed by atoms with Crippen LogP contribution < -0.4 is 4.74 Å². The molecule has 0 saturated heterocycles. The van der Waals surface area contributed by atoms with Crippen molar-refractivity contribution in [2.75, 3.05) is 7.11 Å². The first-order valence-corrected chi connectivity index (χ1v) is 8.65. The van der Waals surface area contributed by atoms with Crippen molar-refractivity contribution in [3.63, 3.8) is 0 Å². The van der Waals surface area contributed by atoms with E-state index in [4.69, 9.17) is 4.74 Å². The average molecular weight is 312 g/mol. The van der Waals surface area contributed by atoms with Crippen LogP contribution in [0.25, 0.3) is 0 Å². The minimum atomic E-state index is -0.714. The molecule has 1 N–H and O–H groups in total. The quantitative estimate of drug-likeness (QED) is 0.891. The molecule has 4 rings (SSSR count). The van der Waals surface area contributed by atoms with Crippen molar-refractivity contribution < 1.29 is 14.6 Å². The molecule has 0 aromatic heterocycles. The summed E-state index contributed by atoms with van der Waals surface area (Å²) in [5.41, 5.74) is 3.45. The average Bonchev–Trinajstić information content (AvgIpc) is 2.91. The number of allylic oxidation sites excluding steroid dienone is 1. The lowest BCUT2D eigenvalue weighted by molar-refractivity contribution is -0.134. The number of rotatable bonds is 2. The number of methoxy groups -OCH3 is 1. The molecule has 122 valence electrons. The third-order valence-electron chi connectivity index (χ3n) is 6.74. The zero-order chi connectivity index (χ0) is 16.2. The Morgan fingerprint density at radius 1 is 1.35 bits per heavy atom. The van der Waals surface area contributed by atoms with Crippen LogP contribution in [0.1, 0.15) is 49.7 Å². The van der Waals surface area contributed by atoms with Gasteiger partial charge in [-0.2, -0.15) is 0 Å². The van der Waals surface area contributed by atoms with Crippen LogP contribution in [0.15, 0.2) is 29.8 Å². The van der Waals surface area contributed by atoms with E-state index in [2.05, 4.69) is 25.1 Å². The number of fused-ring (bicyclic) bond motifs is 5.